The molecule has 2 aromatic rings. The zero-order valence-electron chi connectivity index (χ0n) is 15.3. The van der Waals surface area contributed by atoms with Crippen LogP contribution in [-0.4, -0.2) is 38.6 Å². The molecule has 0 aromatic heterocycles. The van der Waals surface area contributed by atoms with Gasteiger partial charge < -0.3 is 14.8 Å². The molecule has 0 saturated carbocycles. The van der Waals surface area contributed by atoms with Crippen LogP contribution < -0.4 is 14.8 Å². The zero-order chi connectivity index (χ0) is 18.2. The maximum Gasteiger partial charge on any atom is 0.234 e. The Morgan fingerprint density at radius 2 is 1.80 bits per heavy atom. The number of rotatable bonds is 8. The number of carbonyl (C=O) groups excluding carboxylic acids is 1. The van der Waals surface area contributed by atoms with Crippen molar-refractivity contribution in [3.63, 3.8) is 0 Å². The van der Waals surface area contributed by atoms with Gasteiger partial charge in [-0.05, 0) is 42.8 Å². The Morgan fingerprint density at radius 1 is 1.08 bits per heavy atom. The second-order valence-electron chi connectivity index (χ2n) is 6.06. The molecule has 25 heavy (non-hydrogen) atoms. The molecule has 0 bridgehead atoms. The summed E-state index contributed by atoms with van der Waals surface area (Å²) < 4.78 is 10.5. The standard InChI is InChI=1S/C20H26N2O3/c1-15-7-5-6-8-17(15)13-22(2)14-20(23)21-12-16-9-10-18(24-3)19(11-16)25-4/h5-11H,12-14H2,1-4H3,(H,21,23). The summed E-state index contributed by atoms with van der Waals surface area (Å²) in [6, 6.07) is 13.8. The summed E-state index contributed by atoms with van der Waals surface area (Å²) in [7, 11) is 5.15. The third-order valence-electron chi connectivity index (χ3n) is 4.05. The smallest absolute Gasteiger partial charge is 0.234 e. The molecule has 134 valence electrons. The van der Waals surface area contributed by atoms with Crippen LogP contribution in [0.3, 0.4) is 0 Å². The van der Waals surface area contributed by atoms with Gasteiger partial charge in [-0.1, -0.05) is 30.3 Å². The summed E-state index contributed by atoms with van der Waals surface area (Å²) in [5.41, 5.74) is 3.44. The van der Waals surface area contributed by atoms with Gasteiger partial charge in [-0.2, -0.15) is 0 Å². The molecule has 0 fully saturated rings. The van der Waals surface area contributed by atoms with Gasteiger partial charge in [0.1, 0.15) is 0 Å². The summed E-state index contributed by atoms with van der Waals surface area (Å²) in [5.74, 6) is 1.33. The molecule has 0 spiro atoms. The number of hydrogen-bond acceptors (Lipinski definition) is 4. The monoisotopic (exact) mass is 342 g/mol. The highest BCUT2D eigenvalue weighted by atomic mass is 16.5. The summed E-state index contributed by atoms with van der Waals surface area (Å²) in [6.07, 6.45) is 0. The third kappa shape index (κ3) is 5.50. The predicted molar refractivity (Wildman–Crippen MR) is 98.9 cm³/mol. The fourth-order valence-electron chi connectivity index (χ4n) is 2.63. The van der Waals surface area contributed by atoms with E-state index in [2.05, 4.69) is 24.4 Å². The molecule has 0 aliphatic carbocycles. The Morgan fingerprint density at radius 3 is 2.48 bits per heavy atom. The van der Waals surface area contributed by atoms with Crippen LogP contribution in [0.1, 0.15) is 16.7 Å². The van der Waals surface area contributed by atoms with E-state index in [0.717, 1.165) is 12.1 Å². The molecule has 5 heteroatoms. The average molecular weight is 342 g/mol. The zero-order valence-corrected chi connectivity index (χ0v) is 15.3. The fraction of sp³-hybridized carbons (Fsp3) is 0.350. The molecule has 0 aliphatic heterocycles. The lowest BCUT2D eigenvalue weighted by molar-refractivity contribution is -0.122. The molecular formula is C20H26N2O3. The predicted octanol–water partition coefficient (Wildman–Crippen LogP) is 2.76. The van der Waals surface area contributed by atoms with Crippen LogP contribution in [0, 0.1) is 6.92 Å². The van der Waals surface area contributed by atoms with E-state index in [0.29, 0.717) is 24.6 Å². The largest absolute Gasteiger partial charge is 0.493 e. The van der Waals surface area contributed by atoms with Crippen LogP contribution in [-0.2, 0) is 17.9 Å². The maximum absolute atomic E-state index is 12.2. The van der Waals surface area contributed by atoms with Crippen LogP contribution >= 0.6 is 0 Å². The number of methoxy groups -OCH3 is 2. The van der Waals surface area contributed by atoms with Crippen molar-refractivity contribution >= 4 is 5.91 Å². The van der Waals surface area contributed by atoms with Gasteiger partial charge in [0.2, 0.25) is 5.91 Å². The molecule has 2 aromatic carbocycles. The molecule has 0 unspecified atom stereocenters. The Bertz CT molecular complexity index is 716. The fourth-order valence-corrected chi connectivity index (χ4v) is 2.63. The van der Waals surface area contributed by atoms with Gasteiger partial charge in [0.25, 0.3) is 0 Å². The molecule has 0 heterocycles. The van der Waals surface area contributed by atoms with Crippen LogP contribution in [0.2, 0.25) is 0 Å². The van der Waals surface area contributed by atoms with Gasteiger partial charge >= 0.3 is 0 Å². The van der Waals surface area contributed by atoms with Crippen molar-refractivity contribution in [2.75, 3.05) is 27.8 Å². The van der Waals surface area contributed by atoms with E-state index < -0.39 is 0 Å². The molecule has 0 aliphatic rings. The molecule has 2 rings (SSSR count). The van der Waals surface area contributed by atoms with Gasteiger partial charge in [0.15, 0.2) is 11.5 Å². The lowest BCUT2D eigenvalue weighted by Gasteiger charge is -2.18. The van der Waals surface area contributed by atoms with Crippen molar-refractivity contribution in [1.29, 1.82) is 0 Å². The van der Waals surface area contributed by atoms with Gasteiger partial charge in [-0.25, -0.2) is 0 Å². The van der Waals surface area contributed by atoms with E-state index >= 15 is 0 Å². The first-order chi connectivity index (χ1) is 12.0. The quantitative estimate of drug-likeness (QED) is 0.801. The van der Waals surface area contributed by atoms with Crippen molar-refractivity contribution in [3.8, 4) is 11.5 Å². The second-order valence-corrected chi connectivity index (χ2v) is 6.06. The van der Waals surface area contributed by atoms with Gasteiger partial charge in [-0.3, -0.25) is 9.69 Å². The molecule has 1 amide bonds. The Hall–Kier alpha value is -2.53. The van der Waals surface area contributed by atoms with Gasteiger partial charge in [-0.15, -0.1) is 0 Å². The summed E-state index contributed by atoms with van der Waals surface area (Å²) in [5, 5.41) is 2.94. The number of benzene rings is 2. The minimum absolute atomic E-state index is 0.00845. The number of nitrogens with zero attached hydrogens (tertiary/aromatic N) is 1. The number of nitrogens with one attached hydrogen (secondary N) is 1. The number of hydrogen-bond donors (Lipinski definition) is 1. The van der Waals surface area contributed by atoms with E-state index in [-0.39, 0.29) is 5.91 Å². The van der Waals surface area contributed by atoms with E-state index in [9.17, 15) is 4.79 Å². The van der Waals surface area contributed by atoms with Gasteiger partial charge in [0, 0.05) is 13.1 Å². The van der Waals surface area contributed by atoms with E-state index in [1.165, 1.54) is 11.1 Å². The number of carbonyl (C=O) groups is 1. The highest BCUT2D eigenvalue weighted by Crippen LogP contribution is 2.27. The minimum atomic E-state index is -0.00845. The average Bonchev–Trinajstić information content (AvgIpc) is 2.61. The molecular weight excluding hydrogens is 316 g/mol. The first-order valence-corrected chi connectivity index (χ1v) is 8.24. The van der Waals surface area contributed by atoms with E-state index in [1.807, 2.05) is 42.3 Å². The van der Waals surface area contributed by atoms with Crippen LogP contribution in [0.5, 0.6) is 11.5 Å². The molecule has 1 N–H and O–H groups in total. The van der Waals surface area contributed by atoms with Gasteiger partial charge in [0.05, 0.1) is 20.8 Å². The number of aryl methyl sites for hydroxylation is 1. The summed E-state index contributed by atoms with van der Waals surface area (Å²) >= 11 is 0. The van der Waals surface area contributed by atoms with Crippen molar-refractivity contribution in [1.82, 2.24) is 10.2 Å². The summed E-state index contributed by atoms with van der Waals surface area (Å²) in [4.78, 5) is 14.2. The Kier molecular flexibility index (Phi) is 6.83. The Balaban J connectivity index is 1.85. The molecule has 0 radical (unpaired) electrons. The summed E-state index contributed by atoms with van der Waals surface area (Å²) in [6.45, 7) is 3.63. The van der Waals surface area contributed by atoms with Crippen molar-refractivity contribution in [2.24, 2.45) is 0 Å². The highest BCUT2D eigenvalue weighted by Gasteiger charge is 2.09. The van der Waals surface area contributed by atoms with E-state index in [1.54, 1.807) is 14.2 Å². The number of amides is 1. The molecule has 0 atom stereocenters. The minimum Gasteiger partial charge on any atom is -0.493 e. The first-order valence-electron chi connectivity index (χ1n) is 8.24. The SMILES string of the molecule is COc1ccc(CNC(=O)CN(C)Cc2ccccc2C)cc1OC. The lowest BCUT2D eigenvalue weighted by atomic mass is 10.1. The maximum atomic E-state index is 12.2. The lowest BCUT2D eigenvalue weighted by Crippen LogP contribution is -2.34. The van der Waals surface area contributed by atoms with Crippen LogP contribution in [0.15, 0.2) is 42.5 Å². The first kappa shape index (κ1) is 18.8. The molecule has 5 nitrogen and oxygen atoms in total. The topological polar surface area (TPSA) is 50.8 Å². The Labute approximate surface area is 149 Å². The highest BCUT2D eigenvalue weighted by molar-refractivity contribution is 5.78. The van der Waals surface area contributed by atoms with Crippen molar-refractivity contribution in [2.45, 2.75) is 20.0 Å². The van der Waals surface area contributed by atoms with Crippen LogP contribution in [0.4, 0.5) is 0 Å². The molecule has 0 saturated heterocycles. The normalized spacial score (nSPS) is 10.6. The van der Waals surface area contributed by atoms with Crippen molar-refractivity contribution < 1.29 is 14.3 Å². The van der Waals surface area contributed by atoms with E-state index in [4.69, 9.17) is 9.47 Å². The van der Waals surface area contributed by atoms with Crippen molar-refractivity contribution in [3.05, 3.63) is 59.2 Å². The number of likely N-dealkylation sites (N-methyl/N-ethyl adjacent to an activating group) is 1. The number of ether oxygens (including phenoxy) is 2. The van der Waals surface area contributed by atoms with Crippen LogP contribution in [0.25, 0.3) is 0 Å². The second kappa shape index (κ2) is 9.08. The third-order valence-corrected chi connectivity index (χ3v) is 4.05.